The number of aliphatic imine (C=N–C) groups is 2. The van der Waals surface area contributed by atoms with Crippen LogP contribution in [0.4, 0.5) is 0 Å². The number of nitrogens with zero attached hydrogens (tertiary/aromatic N) is 2. The van der Waals surface area contributed by atoms with E-state index in [1.807, 2.05) is 18.2 Å². The number of carboxylic acids is 1. The number of carbonyl (C=O) groups is 1. The Hall–Kier alpha value is -1.75. The van der Waals surface area contributed by atoms with Gasteiger partial charge in [-0.15, -0.1) is 0 Å². The van der Waals surface area contributed by atoms with Gasteiger partial charge in [-0.1, -0.05) is 12.2 Å². The fourth-order valence-electron chi connectivity index (χ4n) is 1.44. The Morgan fingerprint density at radius 1 is 1.60 bits per heavy atom. The van der Waals surface area contributed by atoms with Crippen molar-refractivity contribution in [2.45, 2.75) is 18.9 Å². The van der Waals surface area contributed by atoms with E-state index in [1.165, 1.54) is 0 Å². The molecule has 2 aliphatic rings. The number of aliphatic carboxylic acids is 1. The Bertz CT molecular complexity index is 418. The van der Waals surface area contributed by atoms with E-state index >= 15 is 0 Å². The number of allylic oxidation sites excluding steroid dienone is 4. The van der Waals surface area contributed by atoms with Crippen LogP contribution in [0.25, 0.3) is 0 Å². The van der Waals surface area contributed by atoms with Crippen molar-refractivity contribution in [1.82, 2.24) is 0 Å². The van der Waals surface area contributed by atoms with Gasteiger partial charge in [0.2, 0.25) is 0 Å². The molecule has 0 aromatic carbocycles. The van der Waals surface area contributed by atoms with Crippen molar-refractivity contribution >= 4 is 17.5 Å². The summed E-state index contributed by atoms with van der Waals surface area (Å²) in [5, 5.41) is 8.65. The highest BCUT2D eigenvalue weighted by Gasteiger charge is 2.21. The highest BCUT2D eigenvalue weighted by Crippen LogP contribution is 2.18. The highest BCUT2D eigenvalue weighted by molar-refractivity contribution is 6.14. The first-order valence-corrected chi connectivity index (χ1v) is 4.67. The second-order valence-corrected chi connectivity index (χ2v) is 3.42. The molecule has 0 bridgehead atoms. The van der Waals surface area contributed by atoms with Crippen LogP contribution < -0.4 is 5.73 Å². The third-order valence-corrected chi connectivity index (χ3v) is 2.23. The molecule has 1 aliphatic carbocycles. The van der Waals surface area contributed by atoms with Crippen molar-refractivity contribution in [2.24, 2.45) is 15.7 Å². The number of hydrogen-bond donors (Lipinski definition) is 2. The molecule has 1 heterocycles. The number of carboxylic acid groups (broad SMARTS) is 1. The average Bonchev–Trinajstić information content (AvgIpc) is 2.59. The second kappa shape index (κ2) is 3.78. The molecule has 15 heavy (non-hydrogen) atoms. The molecule has 0 fully saturated rings. The predicted octanol–water partition coefficient (Wildman–Crippen LogP) is 0.485. The summed E-state index contributed by atoms with van der Waals surface area (Å²) in [6.07, 6.45) is 6.69. The Balaban J connectivity index is 2.09. The van der Waals surface area contributed by atoms with E-state index in [2.05, 4.69) is 9.98 Å². The molecule has 1 aliphatic heterocycles. The molecule has 0 saturated heterocycles. The molecule has 78 valence electrons. The highest BCUT2D eigenvalue weighted by atomic mass is 16.4. The molecule has 0 spiro atoms. The summed E-state index contributed by atoms with van der Waals surface area (Å²) >= 11 is 0. The van der Waals surface area contributed by atoms with Crippen LogP contribution in [0.3, 0.4) is 0 Å². The third-order valence-electron chi connectivity index (χ3n) is 2.23. The second-order valence-electron chi connectivity index (χ2n) is 3.42. The van der Waals surface area contributed by atoms with Gasteiger partial charge in [0.15, 0.2) is 0 Å². The van der Waals surface area contributed by atoms with Crippen molar-refractivity contribution in [1.29, 1.82) is 0 Å². The molecule has 0 radical (unpaired) electrons. The van der Waals surface area contributed by atoms with Gasteiger partial charge in [0.1, 0.15) is 11.9 Å². The fraction of sp³-hybridized carbons (Fsp3) is 0.300. The van der Waals surface area contributed by atoms with Gasteiger partial charge in [-0.05, 0) is 6.08 Å². The summed E-state index contributed by atoms with van der Waals surface area (Å²) in [5.74, 6) is -0.519. The van der Waals surface area contributed by atoms with E-state index in [1.54, 1.807) is 0 Å². The lowest BCUT2D eigenvalue weighted by Crippen LogP contribution is -2.31. The van der Waals surface area contributed by atoms with E-state index in [-0.39, 0.29) is 6.42 Å². The Kier molecular flexibility index (Phi) is 2.47. The normalized spacial score (nSPS) is 20.2. The SMILES string of the molecule is NC(CC1=NC2=CC=CCC2=N1)C(=O)O. The van der Waals surface area contributed by atoms with Gasteiger partial charge in [-0.25, -0.2) is 9.98 Å². The van der Waals surface area contributed by atoms with Crippen LogP contribution in [0.15, 0.2) is 33.9 Å². The number of hydrogen-bond acceptors (Lipinski definition) is 4. The van der Waals surface area contributed by atoms with Crippen molar-refractivity contribution in [3.8, 4) is 0 Å². The molecule has 1 atom stereocenters. The van der Waals surface area contributed by atoms with Crippen LogP contribution in [0.5, 0.6) is 0 Å². The van der Waals surface area contributed by atoms with E-state index < -0.39 is 12.0 Å². The smallest absolute Gasteiger partial charge is 0.320 e. The Morgan fingerprint density at radius 2 is 2.40 bits per heavy atom. The molecular formula is C10H11N3O2. The predicted molar refractivity (Wildman–Crippen MR) is 56.9 cm³/mol. The van der Waals surface area contributed by atoms with Gasteiger partial charge in [0.05, 0.1) is 11.4 Å². The summed E-state index contributed by atoms with van der Waals surface area (Å²) in [7, 11) is 0. The summed E-state index contributed by atoms with van der Waals surface area (Å²) in [6.45, 7) is 0. The lowest BCUT2D eigenvalue weighted by molar-refractivity contribution is -0.138. The van der Waals surface area contributed by atoms with Gasteiger partial charge in [0, 0.05) is 12.8 Å². The number of amidine groups is 1. The maximum atomic E-state index is 10.5. The fourth-order valence-corrected chi connectivity index (χ4v) is 1.44. The molecule has 0 aromatic rings. The van der Waals surface area contributed by atoms with E-state index in [9.17, 15) is 4.79 Å². The number of nitrogens with two attached hydrogens (primary N) is 1. The van der Waals surface area contributed by atoms with Crippen LogP contribution >= 0.6 is 0 Å². The van der Waals surface area contributed by atoms with Gasteiger partial charge in [0.25, 0.3) is 0 Å². The molecule has 0 aromatic heterocycles. The van der Waals surface area contributed by atoms with Crippen LogP contribution in [-0.4, -0.2) is 28.7 Å². The largest absolute Gasteiger partial charge is 0.480 e. The first-order valence-electron chi connectivity index (χ1n) is 4.67. The van der Waals surface area contributed by atoms with Crippen molar-refractivity contribution in [3.05, 3.63) is 23.9 Å². The Labute approximate surface area is 86.7 Å². The topological polar surface area (TPSA) is 88.0 Å². The molecule has 5 nitrogen and oxygen atoms in total. The number of fused-ring (bicyclic) bond motifs is 1. The standard InChI is InChI=1S/C10H11N3O2/c11-6(10(14)15)5-9-12-7-3-1-2-4-8(7)13-9/h1-3,6H,4-5,11H2,(H,14,15). The van der Waals surface area contributed by atoms with Gasteiger partial charge >= 0.3 is 5.97 Å². The minimum Gasteiger partial charge on any atom is -0.480 e. The average molecular weight is 205 g/mol. The molecule has 0 saturated carbocycles. The first kappa shape index (κ1) is 9.79. The zero-order valence-corrected chi connectivity index (χ0v) is 8.05. The van der Waals surface area contributed by atoms with Crippen LogP contribution in [-0.2, 0) is 4.79 Å². The zero-order valence-electron chi connectivity index (χ0n) is 8.05. The van der Waals surface area contributed by atoms with E-state index in [0.717, 1.165) is 17.8 Å². The van der Waals surface area contributed by atoms with Crippen molar-refractivity contribution in [2.75, 3.05) is 0 Å². The molecule has 2 rings (SSSR count). The van der Waals surface area contributed by atoms with E-state index in [4.69, 9.17) is 10.8 Å². The molecular weight excluding hydrogens is 194 g/mol. The van der Waals surface area contributed by atoms with Gasteiger partial charge < -0.3 is 10.8 Å². The summed E-state index contributed by atoms with van der Waals surface area (Å²) in [5.41, 5.74) is 7.12. The molecule has 5 heteroatoms. The minimum atomic E-state index is -1.03. The Morgan fingerprint density at radius 3 is 3.07 bits per heavy atom. The lowest BCUT2D eigenvalue weighted by atomic mass is 10.1. The first-order chi connectivity index (χ1) is 7.16. The van der Waals surface area contributed by atoms with Crippen molar-refractivity contribution < 1.29 is 9.90 Å². The van der Waals surface area contributed by atoms with Crippen LogP contribution in [0.2, 0.25) is 0 Å². The maximum Gasteiger partial charge on any atom is 0.320 e. The maximum absolute atomic E-state index is 10.5. The third kappa shape index (κ3) is 2.02. The molecule has 0 amide bonds. The summed E-state index contributed by atoms with van der Waals surface area (Å²) < 4.78 is 0. The van der Waals surface area contributed by atoms with E-state index in [0.29, 0.717) is 5.84 Å². The lowest BCUT2D eigenvalue weighted by Gasteiger charge is -2.02. The van der Waals surface area contributed by atoms with Gasteiger partial charge in [-0.2, -0.15) is 0 Å². The molecule has 3 N–H and O–H groups in total. The monoisotopic (exact) mass is 205 g/mol. The van der Waals surface area contributed by atoms with Crippen LogP contribution in [0.1, 0.15) is 12.8 Å². The quantitative estimate of drug-likeness (QED) is 0.702. The zero-order chi connectivity index (χ0) is 10.8. The van der Waals surface area contributed by atoms with Gasteiger partial charge in [-0.3, -0.25) is 4.79 Å². The minimum absolute atomic E-state index is 0.177. The summed E-state index contributed by atoms with van der Waals surface area (Å²) in [4.78, 5) is 19.0. The van der Waals surface area contributed by atoms with Crippen LogP contribution in [0, 0.1) is 0 Å². The molecule has 1 unspecified atom stereocenters. The summed E-state index contributed by atoms with van der Waals surface area (Å²) in [6, 6.07) is -0.929. The number of rotatable bonds is 3. The van der Waals surface area contributed by atoms with Crippen molar-refractivity contribution in [3.63, 3.8) is 0 Å².